The van der Waals surface area contributed by atoms with Gasteiger partial charge in [0.1, 0.15) is 0 Å². The topological polar surface area (TPSA) is 32.3 Å². The van der Waals surface area contributed by atoms with Crippen LogP contribution < -0.4 is 5.43 Å². The maximum absolute atomic E-state index is 14.1. The van der Waals surface area contributed by atoms with Crippen LogP contribution in [0, 0.1) is 5.41 Å². The molecule has 0 bridgehead atoms. The predicted octanol–water partition coefficient (Wildman–Crippen LogP) is 5.16. The number of hydrogen-bond acceptors (Lipinski definition) is 2. The van der Waals surface area contributed by atoms with Crippen molar-refractivity contribution in [1.82, 2.24) is 10.4 Å². The number of nitrogens with one attached hydrogen (secondary N) is 1. The molecule has 0 spiro atoms. The lowest BCUT2D eigenvalue weighted by molar-refractivity contribution is -0.191. The molecule has 1 unspecified atom stereocenters. The van der Waals surface area contributed by atoms with Crippen molar-refractivity contribution in [3.63, 3.8) is 0 Å². The fraction of sp³-hybridized carbons (Fsp3) is 0.476. The number of rotatable bonds is 5. The van der Waals surface area contributed by atoms with Crippen LogP contribution in [0.4, 0.5) is 13.2 Å². The number of fused-ring (bicyclic) bond motifs is 1. The summed E-state index contributed by atoms with van der Waals surface area (Å²) in [4.78, 5) is 12.1. The molecule has 0 aromatic heterocycles. The molecule has 3 rings (SSSR count). The normalized spacial score (nSPS) is 18.7. The number of unbranched alkanes of at least 4 members (excludes halogenated alkanes) is 1. The van der Waals surface area contributed by atoms with Crippen molar-refractivity contribution in [2.45, 2.75) is 52.3 Å². The Balaban J connectivity index is 2.11. The van der Waals surface area contributed by atoms with E-state index in [1.807, 2.05) is 18.2 Å². The van der Waals surface area contributed by atoms with Gasteiger partial charge in [0.25, 0.3) is 0 Å². The molecule has 1 heterocycles. The molecule has 3 nitrogen and oxygen atoms in total. The van der Waals surface area contributed by atoms with Crippen LogP contribution in [-0.4, -0.2) is 23.6 Å². The van der Waals surface area contributed by atoms with Gasteiger partial charge in [-0.05, 0) is 48.6 Å². The first-order chi connectivity index (χ1) is 12.6. The highest BCUT2D eigenvalue weighted by molar-refractivity contribution is 5.89. The lowest BCUT2D eigenvalue weighted by Crippen LogP contribution is -2.43. The number of hydrogen-bond donors (Lipinski definition) is 1. The molecule has 27 heavy (non-hydrogen) atoms. The summed E-state index contributed by atoms with van der Waals surface area (Å²) in [7, 11) is 0. The van der Waals surface area contributed by atoms with E-state index in [-0.39, 0.29) is 18.0 Å². The van der Waals surface area contributed by atoms with Crippen molar-refractivity contribution in [2.24, 2.45) is 5.41 Å². The number of aryl methyl sites for hydroxylation is 1. The van der Waals surface area contributed by atoms with Gasteiger partial charge in [0.05, 0.1) is 5.41 Å². The Morgan fingerprint density at radius 1 is 1.15 bits per heavy atom. The molecule has 2 aromatic rings. The van der Waals surface area contributed by atoms with Crippen LogP contribution in [-0.2, 0) is 11.2 Å². The molecule has 1 N–H and O–H groups in total. The molecule has 1 aliphatic heterocycles. The molecule has 2 aromatic carbocycles. The van der Waals surface area contributed by atoms with Crippen molar-refractivity contribution in [3.05, 3.63) is 47.5 Å². The Bertz CT molecular complexity index is 845. The molecule has 1 amide bonds. The monoisotopic (exact) mass is 378 g/mol. The van der Waals surface area contributed by atoms with Crippen LogP contribution in [0.15, 0.2) is 36.4 Å². The van der Waals surface area contributed by atoms with E-state index in [1.165, 1.54) is 6.07 Å². The van der Waals surface area contributed by atoms with Crippen molar-refractivity contribution in [2.75, 3.05) is 6.54 Å². The highest BCUT2D eigenvalue weighted by atomic mass is 19.4. The maximum atomic E-state index is 14.1. The van der Waals surface area contributed by atoms with Gasteiger partial charge in [0, 0.05) is 6.54 Å². The summed E-state index contributed by atoms with van der Waals surface area (Å²) < 4.78 is 42.2. The first kappa shape index (κ1) is 19.7. The van der Waals surface area contributed by atoms with Crippen LogP contribution >= 0.6 is 0 Å². The zero-order valence-electron chi connectivity index (χ0n) is 15.9. The molecular formula is C21H25F3N2O. The standard InChI is InChI=1S/C21H25F3N2O/c1-4-5-8-14-9-6-11-16-15(14)10-7-12-17(16)18(21(22,23)24)26-13-20(2,3)19(27)25-26/h6-7,9-12,18H,4-5,8,13H2,1-3H3,(H,25,27). The van der Waals surface area contributed by atoms with E-state index in [0.29, 0.717) is 5.39 Å². The van der Waals surface area contributed by atoms with Crippen LogP contribution in [0.3, 0.4) is 0 Å². The van der Waals surface area contributed by atoms with Gasteiger partial charge in [-0.3, -0.25) is 10.2 Å². The summed E-state index contributed by atoms with van der Waals surface area (Å²) in [6.45, 7) is 5.40. The number of alkyl halides is 3. The van der Waals surface area contributed by atoms with E-state index in [9.17, 15) is 18.0 Å². The van der Waals surface area contributed by atoms with E-state index < -0.39 is 17.6 Å². The number of carbonyl (C=O) groups is 1. The average Bonchev–Trinajstić information content (AvgIpc) is 2.84. The van der Waals surface area contributed by atoms with Gasteiger partial charge in [-0.15, -0.1) is 0 Å². The molecule has 1 fully saturated rings. The van der Waals surface area contributed by atoms with Gasteiger partial charge in [-0.25, -0.2) is 5.01 Å². The number of nitrogens with zero attached hydrogens (tertiary/aromatic N) is 1. The molecule has 1 saturated heterocycles. The lowest BCUT2D eigenvalue weighted by atomic mass is 9.92. The molecule has 1 aliphatic rings. The zero-order valence-corrected chi connectivity index (χ0v) is 15.9. The van der Waals surface area contributed by atoms with Crippen LogP contribution in [0.1, 0.15) is 50.8 Å². The zero-order chi connectivity index (χ0) is 19.8. The molecule has 6 heteroatoms. The number of hydrazine groups is 1. The van der Waals surface area contributed by atoms with Crippen LogP contribution in [0.5, 0.6) is 0 Å². The minimum absolute atomic E-state index is 0.00191. The Hall–Kier alpha value is -2.08. The van der Waals surface area contributed by atoms with Gasteiger partial charge in [0.15, 0.2) is 6.04 Å². The molecule has 146 valence electrons. The van der Waals surface area contributed by atoms with Crippen LogP contribution in [0.25, 0.3) is 10.8 Å². The van der Waals surface area contributed by atoms with E-state index in [0.717, 1.165) is 35.2 Å². The van der Waals surface area contributed by atoms with Gasteiger partial charge in [-0.1, -0.05) is 49.7 Å². The summed E-state index contributed by atoms with van der Waals surface area (Å²) >= 11 is 0. The number of carbonyl (C=O) groups excluding carboxylic acids is 1. The average molecular weight is 378 g/mol. The molecule has 0 radical (unpaired) electrons. The second-order valence-electron chi connectivity index (χ2n) is 7.86. The van der Waals surface area contributed by atoms with Gasteiger partial charge >= 0.3 is 6.18 Å². The Labute approximate surface area is 157 Å². The highest BCUT2D eigenvalue weighted by Gasteiger charge is 2.51. The quantitative estimate of drug-likeness (QED) is 0.780. The van der Waals surface area contributed by atoms with Gasteiger partial charge < -0.3 is 0 Å². The molecular weight excluding hydrogens is 353 g/mol. The number of benzene rings is 2. The van der Waals surface area contributed by atoms with Crippen molar-refractivity contribution >= 4 is 16.7 Å². The summed E-state index contributed by atoms with van der Waals surface area (Å²) in [5.41, 5.74) is 2.81. The van der Waals surface area contributed by atoms with E-state index in [1.54, 1.807) is 26.0 Å². The van der Waals surface area contributed by atoms with Crippen LogP contribution in [0.2, 0.25) is 0 Å². The van der Waals surface area contributed by atoms with E-state index >= 15 is 0 Å². The third-order valence-corrected chi connectivity index (χ3v) is 5.19. The van der Waals surface area contributed by atoms with E-state index in [4.69, 9.17) is 0 Å². The molecule has 0 saturated carbocycles. The SMILES string of the molecule is CCCCc1cccc2c(C(N3CC(C)(C)C(=O)N3)C(F)(F)F)cccc12. The first-order valence-electron chi connectivity index (χ1n) is 9.30. The summed E-state index contributed by atoms with van der Waals surface area (Å²) in [6, 6.07) is 8.72. The number of halogens is 3. The fourth-order valence-electron chi connectivity index (χ4n) is 3.72. The largest absolute Gasteiger partial charge is 0.409 e. The Morgan fingerprint density at radius 3 is 2.41 bits per heavy atom. The highest BCUT2D eigenvalue weighted by Crippen LogP contribution is 2.43. The Morgan fingerprint density at radius 2 is 1.81 bits per heavy atom. The predicted molar refractivity (Wildman–Crippen MR) is 100.0 cm³/mol. The molecule has 0 aliphatic carbocycles. The van der Waals surface area contributed by atoms with Crippen molar-refractivity contribution < 1.29 is 18.0 Å². The van der Waals surface area contributed by atoms with Gasteiger partial charge in [-0.2, -0.15) is 13.2 Å². The smallest absolute Gasteiger partial charge is 0.287 e. The summed E-state index contributed by atoms with van der Waals surface area (Å²) in [5, 5.41) is 2.48. The lowest BCUT2D eigenvalue weighted by Gasteiger charge is -2.30. The van der Waals surface area contributed by atoms with Crippen molar-refractivity contribution in [3.8, 4) is 0 Å². The van der Waals surface area contributed by atoms with E-state index in [2.05, 4.69) is 12.3 Å². The van der Waals surface area contributed by atoms with Gasteiger partial charge in [0.2, 0.25) is 5.91 Å². The third kappa shape index (κ3) is 3.81. The number of amides is 1. The molecule has 1 atom stereocenters. The Kier molecular flexibility index (Phi) is 5.21. The third-order valence-electron chi connectivity index (χ3n) is 5.19. The fourth-order valence-corrected chi connectivity index (χ4v) is 3.72. The second kappa shape index (κ2) is 7.15. The summed E-state index contributed by atoms with van der Waals surface area (Å²) in [5.74, 6) is -0.388. The van der Waals surface area contributed by atoms with Crippen molar-refractivity contribution in [1.29, 1.82) is 0 Å². The summed E-state index contributed by atoms with van der Waals surface area (Å²) in [6.07, 6.45) is -1.67. The minimum Gasteiger partial charge on any atom is -0.287 e. The maximum Gasteiger partial charge on any atom is 0.409 e. The second-order valence-corrected chi connectivity index (χ2v) is 7.86. The first-order valence-corrected chi connectivity index (χ1v) is 9.30. The minimum atomic E-state index is -4.51.